The van der Waals surface area contributed by atoms with E-state index in [0.717, 1.165) is 24.8 Å². The van der Waals surface area contributed by atoms with Gasteiger partial charge in [0.15, 0.2) is 0 Å². The molecule has 0 amide bonds. The summed E-state index contributed by atoms with van der Waals surface area (Å²) in [4.78, 5) is 2.60. The van der Waals surface area contributed by atoms with Crippen molar-refractivity contribution < 1.29 is 4.74 Å². The molecule has 22 heavy (non-hydrogen) atoms. The van der Waals surface area contributed by atoms with Gasteiger partial charge in [0, 0.05) is 18.5 Å². The molecule has 3 heteroatoms. The highest BCUT2D eigenvalue weighted by Crippen LogP contribution is 2.29. The second kappa shape index (κ2) is 7.12. The van der Waals surface area contributed by atoms with E-state index in [9.17, 15) is 0 Å². The molecule has 2 aromatic rings. The first-order chi connectivity index (χ1) is 10.8. The Morgan fingerprint density at radius 2 is 2.00 bits per heavy atom. The number of nitrogens with zero attached hydrogens (tertiary/aromatic N) is 1. The number of piperidine rings is 1. The maximum absolute atomic E-state index is 5.50. The van der Waals surface area contributed by atoms with E-state index >= 15 is 0 Å². The summed E-state index contributed by atoms with van der Waals surface area (Å²) in [5.74, 6) is 1.74. The van der Waals surface area contributed by atoms with Gasteiger partial charge in [-0.1, -0.05) is 30.3 Å². The third kappa shape index (κ3) is 3.26. The van der Waals surface area contributed by atoms with Gasteiger partial charge in [0.2, 0.25) is 0 Å². The Hall–Kier alpha value is -1.58. The molecule has 1 atom stereocenters. The number of likely N-dealkylation sites (tertiary alicyclic amines) is 1. The standard InChI is InChI=1S/C19H26N2O/c1-20-12-15-6-5-11-21(13-15)14-16-9-10-19(22-2)18-8-4-3-7-17(16)18/h3-4,7-10,15,20H,5-6,11-14H2,1-2H3. The maximum Gasteiger partial charge on any atom is 0.126 e. The highest BCUT2D eigenvalue weighted by molar-refractivity contribution is 5.91. The van der Waals surface area contributed by atoms with Gasteiger partial charge >= 0.3 is 0 Å². The highest BCUT2D eigenvalue weighted by Gasteiger charge is 2.20. The molecule has 3 nitrogen and oxygen atoms in total. The molecule has 1 aliphatic rings. The normalized spacial score (nSPS) is 19.5. The lowest BCUT2D eigenvalue weighted by atomic mass is 9.96. The van der Waals surface area contributed by atoms with E-state index in [2.05, 4.69) is 53.7 Å². The van der Waals surface area contributed by atoms with Crippen molar-refractivity contribution in [2.75, 3.05) is 33.8 Å². The number of nitrogens with one attached hydrogen (secondary N) is 1. The predicted molar refractivity (Wildman–Crippen MR) is 92.4 cm³/mol. The fourth-order valence-electron chi connectivity index (χ4n) is 3.64. The number of methoxy groups -OCH3 is 1. The Bertz CT molecular complexity index is 624. The summed E-state index contributed by atoms with van der Waals surface area (Å²) < 4.78 is 5.50. The van der Waals surface area contributed by atoms with Crippen LogP contribution < -0.4 is 10.1 Å². The van der Waals surface area contributed by atoms with Crippen LogP contribution >= 0.6 is 0 Å². The van der Waals surface area contributed by atoms with Crippen LogP contribution in [0.25, 0.3) is 10.8 Å². The van der Waals surface area contributed by atoms with Gasteiger partial charge in [-0.25, -0.2) is 0 Å². The first-order valence-electron chi connectivity index (χ1n) is 8.23. The maximum atomic E-state index is 5.50. The van der Waals surface area contributed by atoms with E-state index in [1.807, 2.05) is 0 Å². The molecule has 2 aromatic carbocycles. The van der Waals surface area contributed by atoms with Gasteiger partial charge in [0.25, 0.3) is 0 Å². The lowest BCUT2D eigenvalue weighted by Gasteiger charge is -2.33. The molecule has 1 aliphatic heterocycles. The number of hydrogen-bond acceptors (Lipinski definition) is 3. The highest BCUT2D eigenvalue weighted by atomic mass is 16.5. The zero-order valence-electron chi connectivity index (χ0n) is 13.6. The van der Waals surface area contributed by atoms with Crippen LogP contribution in [0.15, 0.2) is 36.4 Å². The largest absolute Gasteiger partial charge is 0.496 e. The van der Waals surface area contributed by atoms with Crippen LogP contribution in [0.5, 0.6) is 5.75 Å². The molecule has 0 saturated carbocycles. The van der Waals surface area contributed by atoms with Crippen LogP contribution in [0.4, 0.5) is 0 Å². The van der Waals surface area contributed by atoms with E-state index in [-0.39, 0.29) is 0 Å². The Labute approximate surface area is 133 Å². The minimum Gasteiger partial charge on any atom is -0.496 e. The van der Waals surface area contributed by atoms with Crippen LogP contribution in [0, 0.1) is 5.92 Å². The second-order valence-corrected chi connectivity index (χ2v) is 6.27. The van der Waals surface area contributed by atoms with Gasteiger partial charge in [-0.05, 0) is 55.9 Å². The summed E-state index contributed by atoms with van der Waals surface area (Å²) in [7, 11) is 3.80. The first-order valence-corrected chi connectivity index (χ1v) is 8.23. The molecule has 0 aliphatic carbocycles. The lowest BCUT2D eigenvalue weighted by molar-refractivity contribution is 0.167. The lowest BCUT2D eigenvalue weighted by Crippen LogP contribution is -2.38. The number of benzene rings is 2. The predicted octanol–water partition coefficient (Wildman–Crippen LogP) is 3.28. The summed E-state index contributed by atoms with van der Waals surface area (Å²) in [5.41, 5.74) is 1.40. The minimum atomic E-state index is 0.781. The smallest absolute Gasteiger partial charge is 0.126 e. The summed E-state index contributed by atoms with van der Waals surface area (Å²) >= 11 is 0. The van der Waals surface area contributed by atoms with Crippen LogP contribution in [-0.4, -0.2) is 38.7 Å². The van der Waals surface area contributed by atoms with Gasteiger partial charge in [-0.15, -0.1) is 0 Å². The minimum absolute atomic E-state index is 0.781. The van der Waals surface area contributed by atoms with Crippen LogP contribution in [0.1, 0.15) is 18.4 Å². The monoisotopic (exact) mass is 298 g/mol. The van der Waals surface area contributed by atoms with E-state index in [1.165, 1.54) is 42.3 Å². The molecule has 0 aromatic heterocycles. The van der Waals surface area contributed by atoms with Gasteiger partial charge in [-0.2, -0.15) is 0 Å². The molecule has 0 spiro atoms. The third-order valence-electron chi connectivity index (χ3n) is 4.68. The van der Waals surface area contributed by atoms with Crippen molar-refractivity contribution in [3.8, 4) is 5.75 Å². The Morgan fingerprint density at radius 1 is 1.18 bits per heavy atom. The molecule has 118 valence electrons. The number of fused-ring (bicyclic) bond motifs is 1. The average Bonchev–Trinajstić information content (AvgIpc) is 2.56. The van der Waals surface area contributed by atoms with E-state index in [1.54, 1.807) is 7.11 Å². The van der Waals surface area contributed by atoms with Crippen molar-refractivity contribution in [3.05, 3.63) is 42.0 Å². The molecule has 1 saturated heterocycles. The Kier molecular flexibility index (Phi) is 4.96. The molecule has 0 radical (unpaired) electrons. The van der Waals surface area contributed by atoms with Gasteiger partial charge in [0.1, 0.15) is 5.75 Å². The zero-order valence-corrected chi connectivity index (χ0v) is 13.6. The van der Waals surface area contributed by atoms with Gasteiger partial charge < -0.3 is 10.1 Å². The van der Waals surface area contributed by atoms with Crippen molar-refractivity contribution in [3.63, 3.8) is 0 Å². The van der Waals surface area contributed by atoms with Gasteiger partial charge in [0.05, 0.1) is 7.11 Å². The summed E-state index contributed by atoms with van der Waals surface area (Å²) in [6, 6.07) is 12.9. The van der Waals surface area contributed by atoms with Crippen molar-refractivity contribution in [2.45, 2.75) is 19.4 Å². The second-order valence-electron chi connectivity index (χ2n) is 6.27. The van der Waals surface area contributed by atoms with Gasteiger partial charge in [-0.3, -0.25) is 4.90 Å². The number of ether oxygens (including phenoxy) is 1. The van der Waals surface area contributed by atoms with E-state index in [4.69, 9.17) is 4.74 Å². The fourth-order valence-corrected chi connectivity index (χ4v) is 3.64. The number of hydrogen-bond donors (Lipinski definition) is 1. The Morgan fingerprint density at radius 3 is 2.77 bits per heavy atom. The molecule has 1 heterocycles. The quantitative estimate of drug-likeness (QED) is 0.917. The first kappa shape index (κ1) is 15.3. The van der Waals surface area contributed by atoms with Crippen molar-refractivity contribution >= 4 is 10.8 Å². The van der Waals surface area contributed by atoms with E-state index in [0.29, 0.717) is 0 Å². The molecule has 3 rings (SSSR count). The van der Waals surface area contributed by atoms with Crippen molar-refractivity contribution in [1.29, 1.82) is 0 Å². The molecule has 1 unspecified atom stereocenters. The van der Waals surface area contributed by atoms with Crippen molar-refractivity contribution in [1.82, 2.24) is 10.2 Å². The van der Waals surface area contributed by atoms with Crippen LogP contribution in [0.2, 0.25) is 0 Å². The molecular formula is C19H26N2O. The summed E-state index contributed by atoms with van der Waals surface area (Å²) in [6.45, 7) is 4.56. The molecular weight excluding hydrogens is 272 g/mol. The van der Waals surface area contributed by atoms with E-state index < -0.39 is 0 Å². The average molecular weight is 298 g/mol. The SMILES string of the molecule is CNCC1CCCN(Cc2ccc(OC)c3ccccc23)C1. The van der Waals surface area contributed by atoms with Crippen LogP contribution in [-0.2, 0) is 6.54 Å². The third-order valence-corrected chi connectivity index (χ3v) is 4.68. The van der Waals surface area contributed by atoms with Crippen molar-refractivity contribution in [2.24, 2.45) is 5.92 Å². The molecule has 1 N–H and O–H groups in total. The summed E-state index contributed by atoms with van der Waals surface area (Å²) in [5, 5.41) is 5.85. The molecule has 0 bridgehead atoms. The number of rotatable bonds is 5. The Balaban J connectivity index is 1.82. The topological polar surface area (TPSA) is 24.5 Å². The summed E-state index contributed by atoms with van der Waals surface area (Å²) in [6.07, 6.45) is 2.65. The van der Waals surface area contributed by atoms with Crippen LogP contribution in [0.3, 0.4) is 0 Å². The fraction of sp³-hybridized carbons (Fsp3) is 0.474. The zero-order chi connectivity index (χ0) is 15.4. The molecule has 1 fully saturated rings.